The van der Waals surface area contributed by atoms with Crippen molar-refractivity contribution in [3.05, 3.63) is 0 Å². The van der Waals surface area contributed by atoms with Crippen LogP contribution in [0.3, 0.4) is 0 Å². The quantitative estimate of drug-likeness (QED) is 0.702. The zero-order chi connectivity index (χ0) is 14.8. The van der Waals surface area contributed by atoms with E-state index in [4.69, 9.17) is 10.4 Å². The van der Waals surface area contributed by atoms with Crippen molar-refractivity contribution < 1.29 is 14.7 Å². The normalized spacial score (nSPS) is 11.7. The van der Waals surface area contributed by atoms with E-state index in [9.17, 15) is 9.59 Å². The van der Waals surface area contributed by atoms with E-state index in [1.54, 1.807) is 0 Å². The summed E-state index contributed by atoms with van der Waals surface area (Å²) in [5.41, 5.74) is 0. The van der Waals surface area contributed by atoms with E-state index in [2.05, 4.69) is 5.32 Å². The number of nitrogens with zero attached hydrogens (tertiary/aromatic N) is 2. The van der Waals surface area contributed by atoms with Gasteiger partial charge in [-0.2, -0.15) is 5.26 Å². The predicted octanol–water partition coefficient (Wildman–Crippen LogP) is 1.82. The summed E-state index contributed by atoms with van der Waals surface area (Å²) in [7, 11) is 0. The number of amides is 2. The lowest BCUT2D eigenvalue weighted by Crippen LogP contribution is -2.49. The van der Waals surface area contributed by atoms with Crippen LogP contribution in [0.2, 0.25) is 0 Å². The number of aliphatic carboxylic acids is 1. The van der Waals surface area contributed by atoms with Gasteiger partial charge in [-0.25, -0.2) is 9.59 Å². The smallest absolute Gasteiger partial charge is 0.326 e. The molecule has 0 saturated heterocycles. The van der Waals surface area contributed by atoms with Crippen molar-refractivity contribution in [2.75, 3.05) is 13.1 Å². The van der Waals surface area contributed by atoms with Crippen LogP contribution in [-0.2, 0) is 4.79 Å². The van der Waals surface area contributed by atoms with Gasteiger partial charge in [0, 0.05) is 13.1 Å². The molecular formula is C13H23N3O3. The van der Waals surface area contributed by atoms with Gasteiger partial charge in [0.1, 0.15) is 6.04 Å². The first kappa shape index (κ1) is 17.2. The molecule has 0 aliphatic carbocycles. The first-order valence-electron chi connectivity index (χ1n) is 6.57. The Hall–Kier alpha value is -1.77. The van der Waals surface area contributed by atoms with Crippen molar-refractivity contribution in [1.82, 2.24) is 10.2 Å². The fourth-order valence-electron chi connectivity index (χ4n) is 1.69. The number of hydrogen-bond acceptors (Lipinski definition) is 3. The van der Waals surface area contributed by atoms with Crippen molar-refractivity contribution >= 4 is 12.0 Å². The molecule has 0 bridgehead atoms. The Bertz CT molecular complexity index is 337. The number of urea groups is 1. The highest BCUT2D eigenvalue weighted by Crippen LogP contribution is 2.03. The third kappa shape index (κ3) is 7.29. The van der Waals surface area contributed by atoms with Crippen LogP contribution in [0.4, 0.5) is 4.79 Å². The lowest BCUT2D eigenvalue weighted by atomic mass is 10.1. The Morgan fingerprint density at radius 3 is 2.47 bits per heavy atom. The minimum Gasteiger partial charge on any atom is -0.480 e. The highest BCUT2D eigenvalue weighted by Gasteiger charge is 2.22. The number of carbonyl (C=O) groups is 2. The van der Waals surface area contributed by atoms with Crippen LogP contribution in [0, 0.1) is 17.2 Å². The van der Waals surface area contributed by atoms with E-state index < -0.39 is 18.0 Å². The first-order chi connectivity index (χ1) is 8.92. The van der Waals surface area contributed by atoms with Gasteiger partial charge in [-0.15, -0.1) is 0 Å². The minimum atomic E-state index is -1.03. The van der Waals surface area contributed by atoms with Gasteiger partial charge in [0.05, 0.1) is 12.5 Å². The maximum absolute atomic E-state index is 12.0. The standard InChI is InChI=1S/C13H23N3O3/c1-4-6-11(12(17)18)15-13(19)16(8-5-7-14)9-10(2)3/h10-11H,4-6,8-9H2,1-3H3,(H,15,19)(H,17,18)/t11-/m0/s1. The maximum Gasteiger partial charge on any atom is 0.326 e. The van der Waals surface area contributed by atoms with Gasteiger partial charge < -0.3 is 15.3 Å². The van der Waals surface area contributed by atoms with Crippen molar-refractivity contribution in [3.63, 3.8) is 0 Å². The predicted molar refractivity (Wildman–Crippen MR) is 71.5 cm³/mol. The number of nitrogens with one attached hydrogen (secondary N) is 1. The number of carbonyl (C=O) groups excluding carboxylic acids is 1. The van der Waals surface area contributed by atoms with Crippen LogP contribution in [0.5, 0.6) is 0 Å². The zero-order valence-electron chi connectivity index (χ0n) is 11.8. The third-order valence-electron chi connectivity index (χ3n) is 2.54. The fraction of sp³-hybridized carbons (Fsp3) is 0.769. The Labute approximate surface area is 114 Å². The number of rotatable bonds is 8. The molecule has 0 aromatic rings. The molecule has 108 valence electrons. The molecule has 6 nitrogen and oxygen atoms in total. The molecule has 2 N–H and O–H groups in total. The molecule has 0 aromatic heterocycles. The molecule has 2 amide bonds. The zero-order valence-corrected chi connectivity index (χ0v) is 11.8. The number of carboxylic acid groups (broad SMARTS) is 1. The Morgan fingerprint density at radius 1 is 1.42 bits per heavy atom. The van der Waals surface area contributed by atoms with Crippen LogP contribution in [0.25, 0.3) is 0 Å². The molecule has 6 heteroatoms. The minimum absolute atomic E-state index is 0.242. The van der Waals surface area contributed by atoms with E-state index in [0.29, 0.717) is 25.9 Å². The maximum atomic E-state index is 12.0. The molecule has 0 rings (SSSR count). The van der Waals surface area contributed by atoms with Gasteiger partial charge in [0.2, 0.25) is 0 Å². The largest absolute Gasteiger partial charge is 0.480 e. The Kier molecular flexibility index (Phi) is 8.34. The fourth-order valence-corrected chi connectivity index (χ4v) is 1.69. The summed E-state index contributed by atoms with van der Waals surface area (Å²) in [5.74, 6) is -0.765. The highest BCUT2D eigenvalue weighted by atomic mass is 16.4. The highest BCUT2D eigenvalue weighted by molar-refractivity contribution is 5.82. The summed E-state index contributed by atoms with van der Waals surface area (Å²) in [4.78, 5) is 24.5. The van der Waals surface area contributed by atoms with Crippen LogP contribution in [0.1, 0.15) is 40.0 Å². The number of carboxylic acids is 1. The van der Waals surface area contributed by atoms with Crippen molar-refractivity contribution in [1.29, 1.82) is 5.26 Å². The average molecular weight is 269 g/mol. The molecule has 0 heterocycles. The molecule has 0 saturated carbocycles. The molecule has 0 fully saturated rings. The Morgan fingerprint density at radius 2 is 2.05 bits per heavy atom. The van der Waals surface area contributed by atoms with Crippen LogP contribution >= 0.6 is 0 Å². The second-order valence-corrected chi connectivity index (χ2v) is 4.88. The van der Waals surface area contributed by atoms with E-state index in [1.807, 2.05) is 26.8 Å². The van der Waals surface area contributed by atoms with Crippen LogP contribution in [0.15, 0.2) is 0 Å². The molecule has 0 spiro atoms. The van der Waals surface area contributed by atoms with Gasteiger partial charge in [0.15, 0.2) is 0 Å². The van der Waals surface area contributed by atoms with Crippen LogP contribution in [-0.4, -0.2) is 41.1 Å². The first-order valence-corrected chi connectivity index (χ1v) is 6.57. The van der Waals surface area contributed by atoms with Crippen molar-refractivity contribution in [3.8, 4) is 6.07 Å². The van der Waals surface area contributed by atoms with Crippen molar-refractivity contribution in [2.45, 2.75) is 46.1 Å². The van der Waals surface area contributed by atoms with Crippen molar-refractivity contribution in [2.24, 2.45) is 5.92 Å². The Balaban J connectivity index is 4.59. The molecule has 0 aliphatic rings. The summed E-state index contributed by atoms with van der Waals surface area (Å²) >= 11 is 0. The van der Waals surface area contributed by atoms with E-state index in [0.717, 1.165) is 0 Å². The summed E-state index contributed by atoms with van der Waals surface area (Å²) in [6, 6.07) is 0.711. The summed E-state index contributed by atoms with van der Waals surface area (Å²) in [6.45, 7) is 6.62. The van der Waals surface area contributed by atoms with Gasteiger partial charge in [0.25, 0.3) is 0 Å². The van der Waals surface area contributed by atoms with Crippen LogP contribution < -0.4 is 5.32 Å². The van der Waals surface area contributed by atoms with Gasteiger partial charge in [-0.3, -0.25) is 0 Å². The molecule has 0 radical (unpaired) electrons. The third-order valence-corrected chi connectivity index (χ3v) is 2.54. The molecule has 0 aromatic carbocycles. The lowest BCUT2D eigenvalue weighted by molar-refractivity contribution is -0.139. The summed E-state index contributed by atoms with van der Waals surface area (Å²) in [6.07, 6.45) is 1.32. The molecule has 0 unspecified atom stereocenters. The monoisotopic (exact) mass is 269 g/mol. The topological polar surface area (TPSA) is 93.4 Å². The van der Waals surface area contributed by atoms with E-state index in [-0.39, 0.29) is 12.3 Å². The van der Waals surface area contributed by atoms with Gasteiger partial charge in [-0.1, -0.05) is 27.2 Å². The van der Waals surface area contributed by atoms with E-state index >= 15 is 0 Å². The molecule has 0 aliphatic heterocycles. The molecule has 1 atom stereocenters. The molecule has 19 heavy (non-hydrogen) atoms. The lowest BCUT2D eigenvalue weighted by Gasteiger charge is -2.25. The summed E-state index contributed by atoms with van der Waals surface area (Å²) in [5, 5.41) is 20.1. The summed E-state index contributed by atoms with van der Waals surface area (Å²) < 4.78 is 0. The molecular weight excluding hydrogens is 246 g/mol. The second-order valence-electron chi connectivity index (χ2n) is 4.88. The van der Waals surface area contributed by atoms with E-state index in [1.165, 1.54) is 4.90 Å². The average Bonchev–Trinajstić information content (AvgIpc) is 2.33. The van der Waals surface area contributed by atoms with Gasteiger partial charge in [-0.05, 0) is 12.3 Å². The SMILES string of the molecule is CCC[C@H](NC(=O)N(CCC#N)CC(C)C)C(=O)O. The van der Waals surface area contributed by atoms with Gasteiger partial charge >= 0.3 is 12.0 Å². The second kappa shape index (κ2) is 9.20. The number of hydrogen-bond donors (Lipinski definition) is 2. The number of nitriles is 1.